The molecule has 1 aromatic rings. The fourth-order valence-electron chi connectivity index (χ4n) is 0.819. The van der Waals surface area contributed by atoms with Gasteiger partial charge < -0.3 is 11.1 Å². The van der Waals surface area contributed by atoms with Crippen molar-refractivity contribution >= 4 is 23.5 Å². The van der Waals surface area contributed by atoms with Crippen molar-refractivity contribution in [3.63, 3.8) is 0 Å². The first-order valence-corrected chi connectivity index (χ1v) is 4.91. The van der Waals surface area contributed by atoms with Gasteiger partial charge in [-0.05, 0) is 13.2 Å². The Morgan fingerprint density at radius 3 is 2.92 bits per heavy atom. The summed E-state index contributed by atoms with van der Waals surface area (Å²) in [6.45, 7) is 2.85. The molecule has 0 aromatic carbocycles. The summed E-state index contributed by atoms with van der Waals surface area (Å²) < 4.78 is 0. The summed E-state index contributed by atoms with van der Waals surface area (Å²) in [5, 5.41) is 3.97. The number of nitrogen functional groups attached to an aromatic ring is 1. The fraction of sp³-hybridized carbons (Fsp3) is 0.429. The second-order valence-corrected chi connectivity index (χ2v) is 3.01. The van der Waals surface area contributed by atoms with Gasteiger partial charge in [0.15, 0.2) is 0 Å². The molecule has 0 amide bonds. The number of thioether (sulfide) groups is 1. The first-order valence-electron chi connectivity index (χ1n) is 3.68. The van der Waals surface area contributed by atoms with Gasteiger partial charge in [0.25, 0.3) is 0 Å². The molecular weight excluding hydrogens is 172 g/mol. The molecule has 5 heteroatoms. The van der Waals surface area contributed by atoms with E-state index in [-0.39, 0.29) is 0 Å². The SMILES string of the molecule is CCNc1cc(SC)nc(N)n1. The average molecular weight is 184 g/mol. The van der Waals surface area contributed by atoms with Crippen LogP contribution in [0.3, 0.4) is 0 Å². The lowest BCUT2D eigenvalue weighted by Crippen LogP contribution is -2.03. The molecular formula is C7H12N4S. The summed E-state index contributed by atoms with van der Waals surface area (Å²) in [6, 6.07) is 1.88. The molecule has 0 saturated carbocycles. The van der Waals surface area contributed by atoms with Crippen molar-refractivity contribution in [2.45, 2.75) is 11.9 Å². The molecule has 1 aromatic heterocycles. The van der Waals surface area contributed by atoms with Crippen LogP contribution in [0.5, 0.6) is 0 Å². The van der Waals surface area contributed by atoms with Crippen LogP contribution >= 0.6 is 11.8 Å². The highest BCUT2D eigenvalue weighted by Gasteiger charge is 1.99. The fourth-order valence-corrected chi connectivity index (χ4v) is 1.23. The lowest BCUT2D eigenvalue weighted by atomic mass is 10.5. The number of hydrogen-bond donors (Lipinski definition) is 2. The van der Waals surface area contributed by atoms with E-state index in [2.05, 4.69) is 15.3 Å². The minimum absolute atomic E-state index is 0.317. The Labute approximate surface area is 76.0 Å². The van der Waals surface area contributed by atoms with Gasteiger partial charge in [0.1, 0.15) is 10.8 Å². The number of rotatable bonds is 3. The molecule has 0 aliphatic heterocycles. The largest absolute Gasteiger partial charge is 0.370 e. The van der Waals surface area contributed by atoms with E-state index in [0.717, 1.165) is 17.4 Å². The smallest absolute Gasteiger partial charge is 0.223 e. The number of anilines is 2. The first-order chi connectivity index (χ1) is 5.76. The summed E-state index contributed by atoms with van der Waals surface area (Å²) in [5.41, 5.74) is 5.49. The highest BCUT2D eigenvalue weighted by molar-refractivity contribution is 7.98. The molecule has 0 unspecified atom stereocenters. The molecule has 0 aliphatic carbocycles. The van der Waals surface area contributed by atoms with E-state index in [1.165, 1.54) is 0 Å². The van der Waals surface area contributed by atoms with E-state index in [1.807, 2.05) is 19.2 Å². The van der Waals surface area contributed by atoms with E-state index in [0.29, 0.717) is 5.95 Å². The predicted octanol–water partition coefficient (Wildman–Crippen LogP) is 1.21. The summed E-state index contributed by atoms with van der Waals surface area (Å²) >= 11 is 1.55. The summed E-state index contributed by atoms with van der Waals surface area (Å²) in [5.74, 6) is 1.10. The zero-order valence-electron chi connectivity index (χ0n) is 7.16. The maximum absolute atomic E-state index is 5.49. The molecule has 0 bridgehead atoms. The van der Waals surface area contributed by atoms with Crippen LogP contribution in [0, 0.1) is 0 Å². The molecule has 1 rings (SSSR count). The second kappa shape index (κ2) is 4.15. The number of hydrogen-bond acceptors (Lipinski definition) is 5. The van der Waals surface area contributed by atoms with Crippen molar-refractivity contribution in [2.24, 2.45) is 0 Å². The molecule has 3 N–H and O–H groups in total. The van der Waals surface area contributed by atoms with Gasteiger partial charge in [-0.1, -0.05) is 0 Å². The zero-order chi connectivity index (χ0) is 8.97. The normalized spacial score (nSPS) is 9.83. The van der Waals surface area contributed by atoms with Crippen molar-refractivity contribution in [3.8, 4) is 0 Å². The zero-order valence-corrected chi connectivity index (χ0v) is 7.98. The minimum Gasteiger partial charge on any atom is -0.370 e. The average Bonchev–Trinajstić information content (AvgIpc) is 2.04. The van der Waals surface area contributed by atoms with Gasteiger partial charge >= 0.3 is 0 Å². The standard InChI is InChI=1S/C7H12N4S/c1-3-9-5-4-6(12-2)11-7(8)10-5/h4H,3H2,1-2H3,(H3,8,9,10,11). The van der Waals surface area contributed by atoms with Gasteiger partial charge in [-0.25, -0.2) is 4.98 Å². The van der Waals surface area contributed by atoms with Crippen molar-refractivity contribution in [3.05, 3.63) is 6.07 Å². The Balaban J connectivity index is 2.90. The molecule has 0 atom stereocenters. The third-order valence-corrected chi connectivity index (χ3v) is 1.91. The monoisotopic (exact) mass is 184 g/mol. The Morgan fingerprint density at radius 1 is 1.58 bits per heavy atom. The predicted molar refractivity (Wildman–Crippen MR) is 52.4 cm³/mol. The van der Waals surface area contributed by atoms with E-state index in [1.54, 1.807) is 11.8 Å². The Hall–Kier alpha value is -0.970. The van der Waals surface area contributed by atoms with Gasteiger partial charge in [0.2, 0.25) is 5.95 Å². The molecule has 12 heavy (non-hydrogen) atoms. The molecule has 0 radical (unpaired) electrons. The lowest BCUT2D eigenvalue weighted by molar-refractivity contribution is 1.05. The highest BCUT2D eigenvalue weighted by Crippen LogP contribution is 2.16. The maximum Gasteiger partial charge on any atom is 0.223 e. The maximum atomic E-state index is 5.49. The Bertz CT molecular complexity index is 264. The molecule has 0 fully saturated rings. The van der Waals surface area contributed by atoms with Crippen molar-refractivity contribution < 1.29 is 0 Å². The van der Waals surface area contributed by atoms with Crippen LogP contribution in [0.2, 0.25) is 0 Å². The van der Waals surface area contributed by atoms with Gasteiger partial charge in [0, 0.05) is 12.6 Å². The van der Waals surface area contributed by atoms with Gasteiger partial charge in [-0.2, -0.15) is 4.98 Å². The number of nitrogens with two attached hydrogens (primary N) is 1. The van der Waals surface area contributed by atoms with Gasteiger partial charge in [0.05, 0.1) is 0 Å². The molecule has 1 heterocycles. The molecule has 0 spiro atoms. The first kappa shape index (κ1) is 9.12. The van der Waals surface area contributed by atoms with E-state index in [4.69, 9.17) is 5.73 Å². The van der Waals surface area contributed by atoms with E-state index in [9.17, 15) is 0 Å². The molecule has 66 valence electrons. The Kier molecular flexibility index (Phi) is 3.16. The number of aromatic nitrogens is 2. The third-order valence-electron chi connectivity index (χ3n) is 1.29. The summed E-state index contributed by atoms with van der Waals surface area (Å²) in [6.07, 6.45) is 1.96. The topological polar surface area (TPSA) is 63.8 Å². The van der Waals surface area contributed by atoms with Gasteiger partial charge in [-0.3, -0.25) is 0 Å². The second-order valence-electron chi connectivity index (χ2n) is 2.18. The van der Waals surface area contributed by atoms with Crippen LogP contribution in [-0.2, 0) is 0 Å². The molecule has 4 nitrogen and oxygen atoms in total. The van der Waals surface area contributed by atoms with Crippen LogP contribution in [0.15, 0.2) is 11.1 Å². The van der Waals surface area contributed by atoms with Crippen LogP contribution in [-0.4, -0.2) is 22.8 Å². The number of nitrogens with zero attached hydrogens (tertiary/aromatic N) is 2. The molecule has 0 saturated heterocycles. The highest BCUT2D eigenvalue weighted by atomic mass is 32.2. The summed E-state index contributed by atoms with van der Waals surface area (Å²) in [4.78, 5) is 8.04. The van der Waals surface area contributed by atoms with Crippen molar-refractivity contribution in [1.82, 2.24) is 9.97 Å². The van der Waals surface area contributed by atoms with Gasteiger partial charge in [-0.15, -0.1) is 11.8 Å². The van der Waals surface area contributed by atoms with Crippen LogP contribution in [0.1, 0.15) is 6.92 Å². The minimum atomic E-state index is 0.317. The van der Waals surface area contributed by atoms with Crippen LogP contribution in [0.25, 0.3) is 0 Å². The Morgan fingerprint density at radius 2 is 2.33 bits per heavy atom. The number of nitrogens with one attached hydrogen (secondary N) is 1. The van der Waals surface area contributed by atoms with Crippen molar-refractivity contribution in [1.29, 1.82) is 0 Å². The van der Waals surface area contributed by atoms with E-state index >= 15 is 0 Å². The summed E-state index contributed by atoms with van der Waals surface area (Å²) in [7, 11) is 0. The van der Waals surface area contributed by atoms with E-state index < -0.39 is 0 Å². The van der Waals surface area contributed by atoms with Crippen LogP contribution in [0.4, 0.5) is 11.8 Å². The lowest BCUT2D eigenvalue weighted by Gasteiger charge is -2.03. The quantitative estimate of drug-likeness (QED) is 0.546. The van der Waals surface area contributed by atoms with Crippen molar-refractivity contribution in [2.75, 3.05) is 23.9 Å². The van der Waals surface area contributed by atoms with Crippen LogP contribution < -0.4 is 11.1 Å². The molecule has 0 aliphatic rings. The third kappa shape index (κ3) is 2.27.